The normalized spacial score (nSPS) is 21.8. The number of hydrogen-bond acceptors (Lipinski definition) is 3. The third kappa shape index (κ3) is 9.12. The van der Waals surface area contributed by atoms with Gasteiger partial charge >= 0.3 is 18.3 Å². The summed E-state index contributed by atoms with van der Waals surface area (Å²) in [4.78, 5) is 13.9. The number of benzene rings is 1. The molecule has 0 spiro atoms. The predicted molar refractivity (Wildman–Crippen MR) is 118 cm³/mol. The van der Waals surface area contributed by atoms with Crippen LogP contribution in [0.2, 0.25) is 0 Å². The van der Waals surface area contributed by atoms with Gasteiger partial charge in [-0.25, -0.2) is 0 Å². The first-order valence-corrected chi connectivity index (χ1v) is 11.9. The molecule has 0 aromatic heterocycles. The van der Waals surface area contributed by atoms with E-state index in [1.54, 1.807) is 6.92 Å². The molecule has 0 amide bonds. The summed E-state index contributed by atoms with van der Waals surface area (Å²) in [7, 11) is 0. The molecule has 0 radical (unpaired) electrons. The van der Waals surface area contributed by atoms with Crippen molar-refractivity contribution in [2.24, 2.45) is 11.8 Å². The van der Waals surface area contributed by atoms with Crippen LogP contribution in [0.3, 0.4) is 0 Å². The Labute approximate surface area is 197 Å². The molecule has 1 aliphatic carbocycles. The highest BCUT2D eigenvalue weighted by Gasteiger charge is 2.38. The van der Waals surface area contributed by atoms with Crippen molar-refractivity contribution in [3.63, 3.8) is 0 Å². The SMILES string of the molecule is CCOC(=O)CC1CCC(N(CCC(C)C)CCC(F)(F)F)C(c2ccc(C(F)(F)F)cc2)C1. The first kappa shape index (κ1) is 28.5. The zero-order valence-electron chi connectivity index (χ0n) is 20.0. The number of halogens is 6. The molecular formula is C25H35F6NO2. The van der Waals surface area contributed by atoms with Crippen LogP contribution in [0.25, 0.3) is 0 Å². The molecule has 0 bridgehead atoms. The molecule has 0 saturated heterocycles. The molecule has 3 unspecified atom stereocenters. The second kappa shape index (κ2) is 12.3. The van der Waals surface area contributed by atoms with Crippen molar-refractivity contribution >= 4 is 5.97 Å². The summed E-state index contributed by atoms with van der Waals surface area (Å²) in [5, 5.41) is 0. The van der Waals surface area contributed by atoms with E-state index >= 15 is 0 Å². The monoisotopic (exact) mass is 495 g/mol. The van der Waals surface area contributed by atoms with Crippen molar-refractivity contribution in [2.75, 3.05) is 19.7 Å². The first-order chi connectivity index (χ1) is 15.8. The molecule has 3 nitrogen and oxygen atoms in total. The van der Waals surface area contributed by atoms with Gasteiger partial charge in [0.25, 0.3) is 0 Å². The van der Waals surface area contributed by atoms with Crippen molar-refractivity contribution < 1.29 is 35.9 Å². The van der Waals surface area contributed by atoms with Gasteiger partial charge in [0.2, 0.25) is 0 Å². The molecule has 0 N–H and O–H groups in total. The van der Waals surface area contributed by atoms with E-state index in [0.717, 1.165) is 18.6 Å². The summed E-state index contributed by atoms with van der Waals surface area (Å²) in [6.07, 6.45) is -7.02. The maximum absolute atomic E-state index is 13.1. The molecule has 1 aromatic carbocycles. The molecule has 0 heterocycles. The number of alkyl halides is 6. The summed E-state index contributed by atoms with van der Waals surface area (Å²) >= 11 is 0. The highest BCUT2D eigenvalue weighted by molar-refractivity contribution is 5.69. The summed E-state index contributed by atoms with van der Waals surface area (Å²) in [5.74, 6) is -0.322. The van der Waals surface area contributed by atoms with E-state index in [1.165, 1.54) is 12.1 Å². The average Bonchev–Trinajstić information content (AvgIpc) is 2.73. The third-order valence-electron chi connectivity index (χ3n) is 6.49. The molecule has 1 aliphatic rings. The highest BCUT2D eigenvalue weighted by atomic mass is 19.4. The van der Waals surface area contributed by atoms with Gasteiger partial charge in [0.1, 0.15) is 0 Å². The van der Waals surface area contributed by atoms with Gasteiger partial charge in [-0.3, -0.25) is 9.69 Å². The van der Waals surface area contributed by atoms with Crippen LogP contribution in [0.5, 0.6) is 0 Å². The number of carbonyl (C=O) groups is 1. The maximum atomic E-state index is 13.1. The van der Waals surface area contributed by atoms with E-state index in [0.29, 0.717) is 37.3 Å². The van der Waals surface area contributed by atoms with Crippen LogP contribution in [-0.2, 0) is 15.7 Å². The Bertz CT molecular complexity index is 760. The quantitative estimate of drug-likeness (QED) is 0.254. The van der Waals surface area contributed by atoms with Crippen molar-refractivity contribution in [3.05, 3.63) is 35.4 Å². The van der Waals surface area contributed by atoms with Crippen molar-refractivity contribution in [1.29, 1.82) is 0 Å². The number of hydrogen-bond donors (Lipinski definition) is 0. The summed E-state index contributed by atoms with van der Waals surface area (Å²) in [6, 6.07) is 4.66. The minimum atomic E-state index is -4.47. The minimum Gasteiger partial charge on any atom is -0.466 e. The minimum absolute atomic E-state index is 0.0304. The predicted octanol–water partition coefficient (Wildman–Crippen LogP) is 7.21. The van der Waals surface area contributed by atoms with Crippen LogP contribution >= 0.6 is 0 Å². The maximum Gasteiger partial charge on any atom is 0.416 e. The van der Waals surface area contributed by atoms with Gasteiger partial charge in [0.05, 0.1) is 18.6 Å². The van der Waals surface area contributed by atoms with Gasteiger partial charge < -0.3 is 4.74 Å². The topological polar surface area (TPSA) is 29.5 Å². The van der Waals surface area contributed by atoms with Gasteiger partial charge in [0.15, 0.2) is 0 Å². The Morgan fingerprint density at radius 2 is 1.71 bits per heavy atom. The van der Waals surface area contributed by atoms with Crippen molar-refractivity contribution in [2.45, 2.75) is 83.6 Å². The van der Waals surface area contributed by atoms with Gasteiger partial charge in [-0.2, -0.15) is 26.3 Å². The molecule has 9 heteroatoms. The third-order valence-corrected chi connectivity index (χ3v) is 6.49. The lowest BCUT2D eigenvalue weighted by Crippen LogP contribution is -2.45. The van der Waals surface area contributed by atoms with Gasteiger partial charge in [-0.15, -0.1) is 0 Å². The molecule has 1 saturated carbocycles. The van der Waals surface area contributed by atoms with Crippen LogP contribution in [0.15, 0.2) is 24.3 Å². The fraction of sp³-hybridized carbons (Fsp3) is 0.720. The molecule has 194 valence electrons. The molecule has 3 atom stereocenters. The van der Waals surface area contributed by atoms with Crippen LogP contribution in [0.1, 0.15) is 76.3 Å². The summed E-state index contributed by atoms with van der Waals surface area (Å²) < 4.78 is 83.4. The molecule has 34 heavy (non-hydrogen) atoms. The van der Waals surface area contributed by atoms with E-state index in [-0.39, 0.29) is 43.4 Å². The largest absolute Gasteiger partial charge is 0.466 e. The zero-order valence-corrected chi connectivity index (χ0v) is 20.0. The van der Waals surface area contributed by atoms with Crippen LogP contribution < -0.4 is 0 Å². The average molecular weight is 496 g/mol. The van der Waals surface area contributed by atoms with Gasteiger partial charge in [0, 0.05) is 19.0 Å². The Hall–Kier alpha value is -1.77. The van der Waals surface area contributed by atoms with Crippen LogP contribution in [-0.4, -0.2) is 42.8 Å². The molecule has 0 aliphatic heterocycles. The van der Waals surface area contributed by atoms with Crippen LogP contribution in [0.4, 0.5) is 26.3 Å². The molecule has 1 aromatic rings. The fourth-order valence-electron chi connectivity index (χ4n) is 4.74. The number of esters is 1. The van der Waals surface area contributed by atoms with Crippen LogP contribution in [0, 0.1) is 11.8 Å². The Balaban J connectivity index is 2.32. The van der Waals surface area contributed by atoms with Gasteiger partial charge in [-0.05, 0) is 74.6 Å². The number of ether oxygens (including phenoxy) is 1. The Kier molecular flexibility index (Phi) is 10.3. The standard InChI is InChI=1S/C25H35F6NO2/c1-4-34-23(33)16-18-5-10-22(32(13-11-17(2)3)14-12-24(26,27)28)21(15-18)19-6-8-20(9-7-19)25(29,30)31/h6-9,17-18,21-22H,4-5,10-16H2,1-3H3. The summed E-state index contributed by atoms with van der Waals surface area (Å²) in [5.41, 5.74) is -0.103. The smallest absolute Gasteiger partial charge is 0.416 e. The lowest BCUT2D eigenvalue weighted by Gasteiger charge is -2.43. The molecule has 1 fully saturated rings. The Morgan fingerprint density at radius 3 is 2.24 bits per heavy atom. The van der Waals surface area contributed by atoms with E-state index in [4.69, 9.17) is 4.74 Å². The van der Waals surface area contributed by atoms with Crippen molar-refractivity contribution in [3.8, 4) is 0 Å². The summed E-state index contributed by atoms with van der Waals surface area (Å²) in [6.45, 7) is 6.32. The van der Waals surface area contributed by atoms with Crippen molar-refractivity contribution in [1.82, 2.24) is 4.90 Å². The molecule has 2 rings (SSSR count). The van der Waals surface area contributed by atoms with E-state index in [2.05, 4.69) is 0 Å². The van der Waals surface area contributed by atoms with E-state index in [9.17, 15) is 31.1 Å². The molecular weight excluding hydrogens is 460 g/mol. The number of nitrogens with zero attached hydrogens (tertiary/aromatic N) is 1. The second-order valence-electron chi connectivity index (χ2n) is 9.57. The van der Waals surface area contributed by atoms with E-state index in [1.807, 2.05) is 18.7 Å². The highest BCUT2D eigenvalue weighted by Crippen LogP contribution is 2.42. The lowest BCUT2D eigenvalue weighted by atomic mass is 9.73. The fourth-order valence-corrected chi connectivity index (χ4v) is 4.74. The second-order valence-corrected chi connectivity index (χ2v) is 9.57. The number of carbonyl (C=O) groups excluding carboxylic acids is 1. The van der Waals surface area contributed by atoms with E-state index < -0.39 is 24.3 Å². The number of rotatable bonds is 10. The Morgan fingerprint density at radius 1 is 1.06 bits per heavy atom. The lowest BCUT2D eigenvalue weighted by molar-refractivity contribution is -0.145. The zero-order chi connectivity index (χ0) is 25.5. The first-order valence-electron chi connectivity index (χ1n) is 11.9. The van der Waals surface area contributed by atoms with Gasteiger partial charge in [-0.1, -0.05) is 26.0 Å².